The fourth-order valence-electron chi connectivity index (χ4n) is 0.823. The second kappa shape index (κ2) is 5.29. The van der Waals surface area contributed by atoms with Crippen molar-refractivity contribution in [3.63, 3.8) is 0 Å². The molecule has 1 aromatic rings. The molecule has 0 spiro atoms. The Labute approximate surface area is 76.6 Å². The molecule has 0 aromatic heterocycles. The maximum absolute atomic E-state index is 10.3. The maximum Gasteiger partial charge on any atom is -0.870 e. The fourth-order valence-corrected chi connectivity index (χ4v) is 0.823. The van der Waals surface area contributed by atoms with E-state index in [0.717, 1.165) is 0 Å². The Morgan fingerprint density at radius 3 is 2.31 bits per heavy atom. The fraction of sp³-hybridized carbons (Fsp3) is 0.143. The molecule has 0 bridgehead atoms. The molecule has 2 N–H and O–H groups in total. The summed E-state index contributed by atoms with van der Waals surface area (Å²) in [6.07, 6.45) is 0. The zero-order chi connectivity index (χ0) is 8.43. The van der Waals surface area contributed by atoms with Gasteiger partial charge in [-0.3, -0.25) is 0 Å². The molecule has 1 rings (SSSR count). The summed E-state index contributed by atoms with van der Waals surface area (Å²) in [6, 6.07) is 4.63. The van der Waals surface area contributed by atoms with E-state index < -0.39 is 4.92 Å². The van der Waals surface area contributed by atoms with Crippen LogP contribution in [0.15, 0.2) is 18.2 Å². The molecule has 6 heteroatoms. The second-order valence-electron chi connectivity index (χ2n) is 2.30. The summed E-state index contributed by atoms with van der Waals surface area (Å²) in [5, 5.41) is 10.3. The van der Waals surface area contributed by atoms with Crippen molar-refractivity contribution < 1.29 is 15.9 Å². The Morgan fingerprint density at radius 2 is 1.92 bits per heavy atom. The van der Waals surface area contributed by atoms with Crippen LogP contribution in [-0.2, 0) is 0 Å². The molecule has 68 valence electrons. The van der Waals surface area contributed by atoms with Crippen LogP contribution in [0.4, 0.5) is 5.69 Å². The van der Waals surface area contributed by atoms with E-state index in [4.69, 9.17) is 7.85 Å². The summed E-state index contributed by atoms with van der Waals surface area (Å²) in [5.74, 6) is 0. The van der Waals surface area contributed by atoms with Crippen LogP contribution in [-0.4, -0.2) is 23.7 Å². The Balaban J connectivity index is 0. The Bertz CT molecular complexity index is 303. The minimum Gasteiger partial charge on any atom is -0.870 e. The standard InChI is InChI=1S/C7H6BNO2.2H2O/c1-5-2-3-6(8)4-7(5)9(10)11;;/h2-4H,1H3;2*1H2/q+2;;/p-2. The van der Waals surface area contributed by atoms with Crippen molar-refractivity contribution in [2.75, 3.05) is 0 Å². The van der Waals surface area contributed by atoms with Gasteiger partial charge in [0.15, 0.2) is 0 Å². The van der Waals surface area contributed by atoms with E-state index in [1.165, 1.54) is 6.07 Å². The summed E-state index contributed by atoms with van der Waals surface area (Å²) in [4.78, 5) is 9.89. The Morgan fingerprint density at radius 1 is 1.38 bits per heavy atom. The number of aryl methyl sites for hydroxylation is 1. The van der Waals surface area contributed by atoms with E-state index in [0.29, 0.717) is 11.0 Å². The van der Waals surface area contributed by atoms with Crippen molar-refractivity contribution in [1.29, 1.82) is 0 Å². The molecule has 0 aliphatic rings. The molecule has 0 fully saturated rings. The van der Waals surface area contributed by atoms with Gasteiger partial charge in [0.25, 0.3) is 0 Å². The summed E-state index contributed by atoms with van der Waals surface area (Å²) < 4.78 is 0. The predicted octanol–water partition coefficient (Wildman–Crippen LogP) is 0.343. The molecule has 0 heterocycles. The van der Waals surface area contributed by atoms with Gasteiger partial charge in [0.2, 0.25) is 0 Å². The zero-order valence-electron chi connectivity index (χ0n) is 6.97. The molecule has 0 atom stereocenters. The van der Waals surface area contributed by atoms with Gasteiger partial charge in [-0.15, -0.1) is 0 Å². The largest absolute Gasteiger partial charge is 0.870 e. The number of nitro benzene ring substituents is 1. The molecule has 0 aliphatic carbocycles. The van der Waals surface area contributed by atoms with Gasteiger partial charge >= 0.3 is 64.7 Å². The molecule has 0 unspecified atom stereocenters. The van der Waals surface area contributed by atoms with Gasteiger partial charge in [0.05, 0.1) is 0 Å². The van der Waals surface area contributed by atoms with E-state index in [1.54, 1.807) is 19.1 Å². The molecular weight excluding hydrogens is 173 g/mol. The van der Waals surface area contributed by atoms with Crippen molar-refractivity contribution in [2.45, 2.75) is 6.92 Å². The minimum absolute atomic E-state index is 0. The smallest absolute Gasteiger partial charge is 0.870 e. The van der Waals surface area contributed by atoms with Gasteiger partial charge in [-0.2, -0.15) is 0 Å². The zero-order valence-corrected chi connectivity index (χ0v) is 6.97. The Hall–Kier alpha value is -1.40. The predicted molar refractivity (Wildman–Crippen MR) is 47.1 cm³/mol. The first kappa shape index (κ1) is 14.1. The van der Waals surface area contributed by atoms with Crippen LogP contribution in [0, 0.1) is 17.0 Å². The summed E-state index contributed by atoms with van der Waals surface area (Å²) >= 11 is 0. The van der Waals surface area contributed by atoms with Crippen LogP contribution in [0.3, 0.4) is 0 Å². The van der Waals surface area contributed by atoms with E-state index in [-0.39, 0.29) is 16.6 Å². The maximum atomic E-state index is 10.3. The summed E-state index contributed by atoms with van der Waals surface area (Å²) in [5.41, 5.74) is 1.12. The van der Waals surface area contributed by atoms with Crippen LogP contribution in [0.25, 0.3) is 0 Å². The van der Waals surface area contributed by atoms with Crippen LogP contribution >= 0.6 is 0 Å². The molecule has 1 aromatic carbocycles. The number of benzene rings is 1. The summed E-state index contributed by atoms with van der Waals surface area (Å²) in [6.45, 7) is 1.68. The SMILES string of the molecule is [B+2]c1ccc(C)c([N+](=O)[O-])c1.[OH-].[OH-]. The topological polar surface area (TPSA) is 103 Å². The van der Waals surface area contributed by atoms with Crippen molar-refractivity contribution in [3.8, 4) is 0 Å². The third kappa shape index (κ3) is 3.22. The first-order valence-electron chi connectivity index (χ1n) is 3.12. The van der Waals surface area contributed by atoms with Gasteiger partial charge in [0, 0.05) is 0 Å². The van der Waals surface area contributed by atoms with Gasteiger partial charge in [-0.1, -0.05) is 0 Å². The van der Waals surface area contributed by atoms with Crippen molar-refractivity contribution in [1.82, 2.24) is 0 Å². The molecule has 0 amide bonds. The molecule has 0 aliphatic heterocycles. The van der Waals surface area contributed by atoms with Crippen molar-refractivity contribution in [3.05, 3.63) is 33.9 Å². The van der Waals surface area contributed by atoms with Crippen LogP contribution < -0.4 is 5.46 Å². The van der Waals surface area contributed by atoms with Gasteiger partial charge in [0.1, 0.15) is 0 Å². The molecule has 13 heavy (non-hydrogen) atoms. The molecule has 0 saturated heterocycles. The molecule has 0 saturated carbocycles. The molecule has 0 radical (unpaired) electrons. The van der Waals surface area contributed by atoms with Crippen LogP contribution in [0.2, 0.25) is 0 Å². The number of nitrogens with zero attached hydrogens (tertiary/aromatic N) is 1. The summed E-state index contributed by atoms with van der Waals surface area (Å²) in [7, 11) is 5.36. The third-order valence-electron chi connectivity index (χ3n) is 1.43. The van der Waals surface area contributed by atoms with Crippen molar-refractivity contribution >= 4 is 19.0 Å². The third-order valence-corrected chi connectivity index (χ3v) is 1.43. The van der Waals surface area contributed by atoms with E-state index in [1.807, 2.05) is 0 Å². The van der Waals surface area contributed by atoms with Gasteiger partial charge < -0.3 is 11.0 Å². The van der Waals surface area contributed by atoms with Crippen LogP contribution in [0.1, 0.15) is 5.56 Å². The normalized spacial score (nSPS) is 8.23. The van der Waals surface area contributed by atoms with E-state index >= 15 is 0 Å². The number of hydrogen-bond acceptors (Lipinski definition) is 4. The second-order valence-corrected chi connectivity index (χ2v) is 2.30. The van der Waals surface area contributed by atoms with E-state index in [9.17, 15) is 10.1 Å². The van der Waals surface area contributed by atoms with E-state index in [2.05, 4.69) is 0 Å². The number of rotatable bonds is 1. The number of nitro groups is 1. The molecular formula is C7H8BNO4. The van der Waals surface area contributed by atoms with Crippen LogP contribution in [0.5, 0.6) is 0 Å². The first-order chi connectivity index (χ1) is 5.11. The number of hydrogen-bond donors (Lipinski definition) is 0. The minimum atomic E-state index is -0.439. The molecule has 5 nitrogen and oxygen atoms in total. The first-order valence-corrected chi connectivity index (χ1v) is 3.12. The Kier molecular flexibility index (Phi) is 5.75. The monoisotopic (exact) mass is 181 g/mol. The quantitative estimate of drug-likeness (QED) is 0.353. The van der Waals surface area contributed by atoms with Gasteiger partial charge in [-0.05, 0) is 0 Å². The van der Waals surface area contributed by atoms with Crippen molar-refractivity contribution in [2.24, 2.45) is 0 Å². The van der Waals surface area contributed by atoms with Gasteiger partial charge in [-0.25, -0.2) is 0 Å². The average Bonchev–Trinajstić information content (AvgIpc) is 1.94. The average molecular weight is 181 g/mol.